The Morgan fingerprint density at radius 2 is 2.19 bits per heavy atom. The van der Waals surface area contributed by atoms with Crippen LogP contribution >= 0.6 is 0 Å². The fraction of sp³-hybridized carbons (Fsp3) is 0.333. The number of pyridine rings is 2. The van der Waals surface area contributed by atoms with Gasteiger partial charge >= 0.3 is 0 Å². The second-order valence-electron chi connectivity index (χ2n) is 5.24. The highest BCUT2D eigenvalue weighted by atomic mass is 16.5. The lowest BCUT2D eigenvalue weighted by molar-refractivity contribution is 0.393. The van der Waals surface area contributed by atoms with E-state index in [-0.39, 0.29) is 0 Å². The van der Waals surface area contributed by atoms with Crippen LogP contribution < -0.4 is 5.32 Å². The average Bonchev–Trinajstić information content (AvgIpc) is 3.05. The molecule has 1 aliphatic heterocycles. The Morgan fingerprint density at radius 3 is 3.10 bits per heavy atom. The maximum Gasteiger partial charge on any atom is 0.278 e. The molecule has 0 aliphatic carbocycles. The zero-order valence-corrected chi connectivity index (χ0v) is 11.5. The fourth-order valence-corrected chi connectivity index (χ4v) is 2.73. The van der Waals surface area contributed by atoms with Crippen LogP contribution in [0.4, 0.5) is 0 Å². The van der Waals surface area contributed by atoms with Gasteiger partial charge in [-0.1, -0.05) is 11.2 Å². The van der Waals surface area contributed by atoms with E-state index in [0.717, 1.165) is 42.7 Å². The van der Waals surface area contributed by atoms with E-state index in [1.54, 1.807) is 12.4 Å². The van der Waals surface area contributed by atoms with Gasteiger partial charge in [0, 0.05) is 30.2 Å². The summed E-state index contributed by atoms with van der Waals surface area (Å²) >= 11 is 0. The van der Waals surface area contributed by atoms with Crippen molar-refractivity contribution in [3.05, 3.63) is 36.4 Å². The summed E-state index contributed by atoms with van der Waals surface area (Å²) in [7, 11) is 0. The second kappa shape index (κ2) is 5.21. The minimum absolute atomic E-state index is 0.319. The van der Waals surface area contributed by atoms with E-state index in [0.29, 0.717) is 17.5 Å². The van der Waals surface area contributed by atoms with E-state index in [1.807, 2.05) is 18.2 Å². The molecule has 0 spiro atoms. The molecule has 1 fully saturated rings. The van der Waals surface area contributed by atoms with Crippen LogP contribution in [0.25, 0.3) is 22.5 Å². The highest BCUT2D eigenvalue weighted by Gasteiger charge is 2.22. The summed E-state index contributed by atoms with van der Waals surface area (Å²) in [5.41, 5.74) is 1.44. The van der Waals surface area contributed by atoms with Gasteiger partial charge in [-0.15, -0.1) is 0 Å². The van der Waals surface area contributed by atoms with Gasteiger partial charge in [-0.05, 0) is 31.5 Å². The molecule has 21 heavy (non-hydrogen) atoms. The van der Waals surface area contributed by atoms with Crippen LogP contribution in [0.1, 0.15) is 24.6 Å². The molecule has 0 amide bonds. The van der Waals surface area contributed by atoms with Gasteiger partial charge in [0.25, 0.3) is 5.89 Å². The van der Waals surface area contributed by atoms with Gasteiger partial charge in [-0.3, -0.25) is 4.98 Å². The highest BCUT2D eigenvalue weighted by molar-refractivity contribution is 5.88. The van der Waals surface area contributed by atoms with E-state index >= 15 is 0 Å². The van der Waals surface area contributed by atoms with Crippen molar-refractivity contribution >= 4 is 10.9 Å². The lowest BCUT2D eigenvalue weighted by Crippen LogP contribution is -2.28. The number of nitrogens with one attached hydrogen (secondary N) is 1. The summed E-state index contributed by atoms with van der Waals surface area (Å²) in [5.74, 6) is 1.52. The fourth-order valence-electron chi connectivity index (χ4n) is 2.73. The van der Waals surface area contributed by atoms with Crippen molar-refractivity contribution in [2.24, 2.45) is 0 Å². The number of rotatable bonds is 2. The van der Waals surface area contributed by atoms with Crippen molar-refractivity contribution < 1.29 is 4.52 Å². The molecule has 4 rings (SSSR count). The molecule has 3 aromatic heterocycles. The number of aromatic nitrogens is 4. The number of piperidine rings is 1. The number of nitrogens with zero attached hydrogens (tertiary/aromatic N) is 4. The smallest absolute Gasteiger partial charge is 0.278 e. The van der Waals surface area contributed by atoms with Crippen molar-refractivity contribution in [3.8, 4) is 11.6 Å². The molecule has 1 unspecified atom stereocenters. The van der Waals surface area contributed by atoms with Gasteiger partial charge in [0.15, 0.2) is 11.5 Å². The Morgan fingerprint density at radius 1 is 1.19 bits per heavy atom. The van der Waals surface area contributed by atoms with Gasteiger partial charge in [-0.2, -0.15) is 4.98 Å². The first-order chi connectivity index (χ1) is 10.4. The molecule has 106 valence electrons. The molecule has 4 heterocycles. The molecule has 0 aromatic carbocycles. The number of hydrogen-bond donors (Lipinski definition) is 1. The zero-order valence-electron chi connectivity index (χ0n) is 11.5. The van der Waals surface area contributed by atoms with Crippen LogP contribution in [0.2, 0.25) is 0 Å². The van der Waals surface area contributed by atoms with Crippen molar-refractivity contribution in [2.75, 3.05) is 13.1 Å². The van der Waals surface area contributed by atoms with Gasteiger partial charge in [-0.25, -0.2) is 4.98 Å². The number of fused-ring (bicyclic) bond motifs is 1. The summed E-state index contributed by atoms with van der Waals surface area (Å²) in [5, 5.41) is 8.51. The normalized spacial score (nSPS) is 19.0. The Kier molecular flexibility index (Phi) is 3.08. The summed E-state index contributed by atoms with van der Waals surface area (Å²) in [6.45, 7) is 1.97. The zero-order chi connectivity index (χ0) is 14.1. The predicted molar refractivity (Wildman–Crippen MR) is 77.7 cm³/mol. The van der Waals surface area contributed by atoms with Crippen LogP contribution in [0.3, 0.4) is 0 Å². The molecule has 1 N–H and O–H groups in total. The molecule has 0 bridgehead atoms. The van der Waals surface area contributed by atoms with Crippen molar-refractivity contribution in [2.45, 2.75) is 18.8 Å². The molecular weight excluding hydrogens is 266 g/mol. The SMILES string of the molecule is c1cnc2c(-c3nc(C4CCCNC4)no3)nccc2c1. The highest BCUT2D eigenvalue weighted by Crippen LogP contribution is 2.26. The molecule has 1 aliphatic rings. The molecule has 1 saturated heterocycles. The van der Waals surface area contributed by atoms with Crippen LogP contribution in [0.15, 0.2) is 35.1 Å². The lowest BCUT2D eigenvalue weighted by atomic mass is 9.99. The Labute approximate surface area is 121 Å². The first kappa shape index (κ1) is 12.4. The summed E-state index contributed by atoms with van der Waals surface area (Å²) in [6, 6.07) is 5.82. The second-order valence-corrected chi connectivity index (χ2v) is 5.24. The van der Waals surface area contributed by atoms with Crippen LogP contribution in [0.5, 0.6) is 0 Å². The third kappa shape index (κ3) is 2.27. The molecule has 6 heteroatoms. The largest absolute Gasteiger partial charge is 0.332 e. The number of hydrogen-bond acceptors (Lipinski definition) is 6. The van der Waals surface area contributed by atoms with Gasteiger partial charge < -0.3 is 9.84 Å². The molecular formula is C15H15N5O. The summed E-state index contributed by atoms with van der Waals surface area (Å²) in [6.07, 6.45) is 5.72. The molecule has 6 nitrogen and oxygen atoms in total. The van der Waals surface area contributed by atoms with E-state index in [1.165, 1.54) is 0 Å². The summed E-state index contributed by atoms with van der Waals surface area (Å²) in [4.78, 5) is 13.3. The maximum absolute atomic E-state index is 5.42. The predicted octanol–water partition coefficient (Wildman–Crippen LogP) is 2.15. The van der Waals surface area contributed by atoms with Gasteiger partial charge in [0.2, 0.25) is 0 Å². The van der Waals surface area contributed by atoms with Crippen molar-refractivity contribution in [1.82, 2.24) is 25.4 Å². The van der Waals surface area contributed by atoms with Gasteiger partial charge in [0.05, 0.1) is 0 Å². The van der Waals surface area contributed by atoms with Gasteiger partial charge in [0.1, 0.15) is 5.52 Å². The van der Waals surface area contributed by atoms with Crippen LogP contribution in [-0.2, 0) is 0 Å². The first-order valence-corrected chi connectivity index (χ1v) is 7.16. The quantitative estimate of drug-likeness (QED) is 0.775. The first-order valence-electron chi connectivity index (χ1n) is 7.16. The topological polar surface area (TPSA) is 76.7 Å². The van der Waals surface area contributed by atoms with Crippen LogP contribution in [0, 0.1) is 0 Å². The minimum atomic E-state index is 0.319. The van der Waals surface area contributed by atoms with Crippen LogP contribution in [-0.4, -0.2) is 33.2 Å². The Hall–Kier alpha value is -2.34. The Balaban J connectivity index is 1.74. The van der Waals surface area contributed by atoms with E-state index in [9.17, 15) is 0 Å². The van der Waals surface area contributed by atoms with Crippen molar-refractivity contribution in [3.63, 3.8) is 0 Å². The summed E-state index contributed by atoms with van der Waals surface area (Å²) < 4.78 is 5.42. The monoisotopic (exact) mass is 281 g/mol. The molecule has 0 saturated carbocycles. The maximum atomic E-state index is 5.42. The third-order valence-electron chi connectivity index (χ3n) is 3.83. The molecule has 1 atom stereocenters. The van der Waals surface area contributed by atoms with E-state index in [2.05, 4.69) is 25.4 Å². The molecule has 3 aromatic rings. The average molecular weight is 281 g/mol. The lowest BCUT2D eigenvalue weighted by Gasteiger charge is -2.19. The molecule has 0 radical (unpaired) electrons. The minimum Gasteiger partial charge on any atom is -0.332 e. The standard InChI is InChI=1S/C15H15N5O/c1-4-11(9-16-6-1)14-19-15(21-20-14)13-12-10(5-8-18-13)3-2-7-17-12/h2-3,5,7-8,11,16H,1,4,6,9H2. The van der Waals surface area contributed by atoms with E-state index < -0.39 is 0 Å². The Bertz CT molecular complexity index is 758. The van der Waals surface area contributed by atoms with E-state index in [4.69, 9.17) is 4.52 Å². The van der Waals surface area contributed by atoms with Crippen molar-refractivity contribution in [1.29, 1.82) is 0 Å². The third-order valence-corrected chi connectivity index (χ3v) is 3.83.